The van der Waals surface area contributed by atoms with Gasteiger partial charge in [-0.25, -0.2) is 4.79 Å². The summed E-state index contributed by atoms with van der Waals surface area (Å²) >= 11 is 0. The maximum atomic E-state index is 13.0. The van der Waals surface area contributed by atoms with Crippen LogP contribution in [-0.4, -0.2) is 43.3 Å². The molecule has 2 aromatic carbocycles. The number of anilines is 1. The van der Waals surface area contributed by atoms with Gasteiger partial charge in [0.05, 0.1) is 18.8 Å². The van der Waals surface area contributed by atoms with Crippen LogP contribution in [0.1, 0.15) is 57.2 Å². The third-order valence-corrected chi connectivity index (χ3v) is 6.47. The molecule has 2 aromatic rings. The molecule has 1 aliphatic heterocycles. The number of ether oxygens (including phenoxy) is 1. The van der Waals surface area contributed by atoms with E-state index in [0.717, 1.165) is 41.1 Å². The van der Waals surface area contributed by atoms with Crippen LogP contribution in [0, 0.1) is 0 Å². The fourth-order valence-corrected chi connectivity index (χ4v) is 4.45. The summed E-state index contributed by atoms with van der Waals surface area (Å²) in [6.45, 7) is 6.91. The topological polar surface area (TPSA) is 53.6 Å². The highest BCUT2D eigenvalue weighted by Crippen LogP contribution is 2.38. The zero-order chi connectivity index (χ0) is 24.9. The van der Waals surface area contributed by atoms with E-state index >= 15 is 0 Å². The minimum atomic E-state index is -4.23. The molecule has 1 unspecified atom stereocenters. The molecule has 2 atom stereocenters. The number of rotatable bonds is 9. The van der Waals surface area contributed by atoms with Gasteiger partial charge in [-0.2, -0.15) is 13.2 Å². The molecule has 0 bridgehead atoms. The largest absolute Gasteiger partial charge is 0.495 e. The van der Waals surface area contributed by atoms with Crippen molar-refractivity contribution in [3.05, 3.63) is 47.5 Å². The molecule has 8 heteroatoms. The number of nitrogens with one attached hydrogen (secondary N) is 2. The van der Waals surface area contributed by atoms with E-state index in [1.165, 1.54) is 5.56 Å². The summed E-state index contributed by atoms with van der Waals surface area (Å²) in [6.07, 6.45) is -3.88. The van der Waals surface area contributed by atoms with Gasteiger partial charge in [0, 0.05) is 25.6 Å². The molecule has 0 aliphatic carbocycles. The number of carbonyl (C=O) groups excluding carboxylic acids is 1. The van der Waals surface area contributed by atoms with Crippen LogP contribution in [0.5, 0.6) is 5.75 Å². The third kappa shape index (κ3) is 6.15. The molecule has 0 radical (unpaired) electrons. The van der Waals surface area contributed by atoms with E-state index in [-0.39, 0.29) is 18.5 Å². The van der Waals surface area contributed by atoms with Crippen molar-refractivity contribution in [2.24, 2.45) is 0 Å². The van der Waals surface area contributed by atoms with E-state index in [0.29, 0.717) is 13.0 Å². The number of nitrogens with zero attached hydrogens (tertiary/aromatic N) is 1. The summed E-state index contributed by atoms with van der Waals surface area (Å²) in [5.74, 6) is 0.808. The van der Waals surface area contributed by atoms with Crippen molar-refractivity contribution in [1.82, 2.24) is 10.2 Å². The average molecular weight is 478 g/mol. The Labute approximate surface area is 199 Å². The second-order valence-electron chi connectivity index (χ2n) is 8.69. The van der Waals surface area contributed by atoms with Gasteiger partial charge in [-0.1, -0.05) is 25.1 Å². The first kappa shape index (κ1) is 25.7. The molecule has 186 valence electrons. The Morgan fingerprint density at radius 1 is 1.21 bits per heavy atom. The fraction of sp³-hybridized carbons (Fsp3) is 0.500. The lowest BCUT2D eigenvalue weighted by Crippen LogP contribution is -2.45. The highest BCUT2D eigenvalue weighted by atomic mass is 19.4. The second kappa shape index (κ2) is 11.0. The van der Waals surface area contributed by atoms with Crippen LogP contribution in [0.15, 0.2) is 36.4 Å². The van der Waals surface area contributed by atoms with E-state index in [4.69, 9.17) is 4.74 Å². The lowest BCUT2D eigenvalue weighted by atomic mass is 9.97. The number of hydrogen-bond acceptors (Lipinski definition) is 3. The molecule has 0 saturated heterocycles. The zero-order valence-corrected chi connectivity index (χ0v) is 20.3. The van der Waals surface area contributed by atoms with Gasteiger partial charge in [0.2, 0.25) is 0 Å². The van der Waals surface area contributed by atoms with Gasteiger partial charge in [0.25, 0.3) is 0 Å². The van der Waals surface area contributed by atoms with Crippen molar-refractivity contribution in [3.8, 4) is 16.9 Å². The summed E-state index contributed by atoms with van der Waals surface area (Å²) in [5, 5.41) is 6.16. The van der Waals surface area contributed by atoms with Gasteiger partial charge in [-0.15, -0.1) is 0 Å². The Morgan fingerprint density at radius 3 is 2.62 bits per heavy atom. The van der Waals surface area contributed by atoms with Crippen LogP contribution in [0.25, 0.3) is 11.1 Å². The van der Waals surface area contributed by atoms with Crippen LogP contribution in [0.3, 0.4) is 0 Å². The number of halogens is 3. The number of amides is 2. The Balaban J connectivity index is 1.78. The molecule has 1 aliphatic rings. The number of benzene rings is 2. The van der Waals surface area contributed by atoms with Gasteiger partial charge in [-0.05, 0) is 73.6 Å². The summed E-state index contributed by atoms with van der Waals surface area (Å²) in [7, 11) is 1.66. The molecule has 34 heavy (non-hydrogen) atoms. The Hall–Kier alpha value is -2.90. The van der Waals surface area contributed by atoms with Crippen LogP contribution < -0.4 is 15.4 Å². The molecule has 1 heterocycles. The molecule has 2 amide bonds. The predicted molar refractivity (Wildman–Crippen MR) is 129 cm³/mol. The van der Waals surface area contributed by atoms with Crippen molar-refractivity contribution in [3.63, 3.8) is 0 Å². The monoisotopic (exact) mass is 477 g/mol. The summed E-state index contributed by atoms with van der Waals surface area (Å²) in [5.41, 5.74) is 5.27. The molecule has 0 aromatic heterocycles. The van der Waals surface area contributed by atoms with Crippen molar-refractivity contribution >= 4 is 11.7 Å². The summed E-state index contributed by atoms with van der Waals surface area (Å²) in [4.78, 5) is 14.6. The Kier molecular flexibility index (Phi) is 8.33. The highest BCUT2D eigenvalue weighted by Gasteiger charge is 2.29. The molecule has 0 saturated carbocycles. The molecule has 0 fully saturated rings. The minimum absolute atomic E-state index is 0.123. The summed E-state index contributed by atoms with van der Waals surface area (Å²) < 4.78 is 43.5. The molecule has 3 rings (SSSR count). The number of hydrogen-bond donors (Lipinski definition) is 2. The average Bonchev–Trinajstić information content (AvgIpc) is 3.29. The van der Waals surface area contributed by atoms with Crippen LogP contribution in [0.4, 0.5) is 23.7 Å². The van der Waals surface area contributed by atoms with Crippen molar-refractivity contribution in [1.29, 1.82) is 0 Å². The van der Waals surface area contributed by atoms with Crippen molar-refractivity contribution in [2.45, 2.75) is 64.7 Å². The van der Waals surface area contributed by atoms with Crippen LogP contribution >= 0.6 is 0 Å². The lowest BCUT2D eigenvalue weighted by Gasteiger charge is -2.31. The van der Waals surface area contributed by atoms with Gasteiger partial charge in [-0.3, -0.25) is 0 Å². The zero-order valence-electron chi connectivity index (χ0n) is 20.3. The number of carbonyl (C=O) groups is 1. The molecule has 0 spiro atoms. The molecule has 2 N–H and O–H groups in total. The van der Waals surface area contributed by atoms with E-state index in [1.54, 1.807) is 18.9 Å². The number of fused-ring (bicyclic) bond motifs is 1. The highest BCUT2D eigenvalue weighted by molar-refractivity contribution is 5.77. The number of alkyl halides is 3. The van der Waals surface area contributed by atoms with Gasteiger partial charge < -0.3 is 20.3 Å². The van der Waals surface area contributed by atoms with Crippen LogP contribution in [-0.2, 0) is 6.42 Å². The first-order valence-corrected chi connectivity index (χ1v) is 11.9. The number of urea groups is 1. The van der Waals surface area contributed by atoms with Gasteiger partial charge in [0.1, 0.15) is 5.75 Å². The maximum absolute atomic E-state index is 13.0. The second-order valence-corrected chi connectivity index (χ2v) is 8.69. The maximum Gasteiger partial charge on any atom is 0.389 e. The Bertz CT molecular complexity index is 994. The van der Waals surface area contributed by atoms with E-state index in [1.807, 2.05) is 38.1 Å². The van der Waals surface area contributed by atoms with E-state index < -0.39 is 18.6 Å². The SMILES string of the molecule is CCC(CCC(F)(F)F)NC(=O)N(CC)[C@H](C)c1cccc(-c2cc3c(c(OC)c2)NCC3)c1. The summed E-state index contributed by atoms with van der Waals surface area (Å²) in [6, 6.07) is 11.1. The molecular formula is C26H34F3N3O2. The van der Waals surface area contributed by atoms with Gasteiger partial charge in [0.15, 0.2) is 0 Å². The minimum Gasteiger partial charge on any atom is -0.495 e. The van der Waals surface area contributed by atoms with Crippen LogP contribution in [0.2, 0.25) is 0 Å². The molecular weight excluding hydrogens is 443 g/mol. The van der Waals surface area contributed by atoms with Crippen molar-refractivity contribution in [2.75, 3.05) is 25.5 Å². The van der Waals surface area contributed by atoms with Crippen molar-refractivity contribution < 1.29 is 22.7 Å². The number of methoxy groups -OCH3 is 1. The first-order valence-electron chi connectivity index (χ1n) is 11.9. The van der Waals surface area contributed by atoms with Gasteiger partial charge >= 0.3 is 12.2 Å². The van der Waals surface area contributed by atoms with E-state index in [2.05, 4.69) is 22.8 Å². The Morgan fingerprint density at radius 2 is 1.97 bits per heavy atom. The normalized spacial score (nSPS) is 14.7. The lowest BCUT2D eigenvalue weighted by molar-refractivity contribution is -0.136. The van der Waals surface area contributed by atoms with E-state index in [9.17, 15) is 18.0 Å². The predicted octanol–water partition coefficient (Wildman–Crippen LogP) is 6.54. The smallest absolute Gasteiger partial charge is 0.389 e. The fourth-order valence-electron chi connectivity index (χ4n) is 4.45. The standard InChI is InChI=1S/C26H34F3N3O2/c1-5-22(10-12-26(27,28)29)31-25(33)32(6-2)17(3)18-8-7-9-19(14-18)21-15-20-11-13-30-24(20)23(16-21)34-4/h7-9,14-17,22,30H,5-6,10-13H2,1-4H3,(H,31,33)/t17-,22?/m1/s1. The third-order valence-electron chi connectivity index (χ3n) is 6.47. The first-order chi connectivity index (χ1) is 16.2. The molecule has 5 nitrogen and oxygen atoms in total. The quantitative estimate of drug-likeness (QED) is 0.431.